The molecule has 0 aromatic carbocycles. The molecular formula is C14H21N3O3. The summed E-state index contributed by atoms with van der Waals surface area (Å²) in [7, 11) is 0. The van der Waals surface area contributed by atoms with E-state index in [-0.39, 0.29) is 12.5 Å². The molecule has 20 heavy (non-hydrogen) atoms. The molecule has 1 aromatic rings. The minimum atomic E-state index is -1.03. The fraction of sp³-hybridized carbons (Fsp3) is 0.500. The van der Waals surface area contributed by atoms with Crippen LogP contribution in [-0.4, -0.2) is 28.1 Å². The van der Waals surface area contributed by atoms with E-state index in [0.29, 0.717) is 6.42 Å². The highest BCUT2D eigenvalue weighted by atomic mass is 16.4. The lowest BCUT2D eigenvalue weighted by atomic mass is 10.0. The Morgan fingerprint density at radius 2 is 2.05 bits per heavy atom. The Morgan fingerprint density at radius 1 is 1.35 bits per heavy atom. The van der Waals surface area contributed by atoms with Gasteiger partial charge in [0.25, 0.3) is 0 Å². The van der Waals surface area contributed by atoms with Gasteiger partial charge in [-0.15, -0.1) is 0 Å². The Labute approximate surface area is 118 Å². The van der Waals surface area contributed by atoms with Crippen LogP contribution >= 0.6 is 0 Å². The zero-order valence-corrected chi connectivity index (χ0v) is 12.0. The minimum Gasteiger partial charge on any atom is -0.480 e. The van der Waals surface area contributed by atoms with Gasteiger partial charge in [-0.1, -0.05) is 19.9 Å². The molecule has 0 fully saturated rings. The van der Waals surface area contributed by atoms with E-state index in [4.69, 9.17) is 5.11 Å². The third-order valence-electron chi connectivity index (χ3n) is 2.69. The maximum Gasteiger partial charge on any atom is 0.326 e. The lowest BCUT2D eigenvalue weighted by Gasteiger charge is -2.16. The Hall–Kier alpha value is -2.11. The van der Waals surface area contributed by atoms with Gasteiger partial charge in [0.2, 0.25) is 0 Å². The molecule has 6 nitrogen and oxygen atoms in total. The number of urea groups is 1. The first kappa shape index (κ1) is 15.9. The molecule has 0 aliphatic heterocycles. The number of carbonyl (C=O) groups excluding carboxylic acids is 1. The van der Waals surface area contributed by atoms with Crippen LogP contribution in [0.4, 0.5) is 4.79 Å². The van der Waals surface area contributed by atoms with E-state index in [1.54, 1.807) is 6.07 Å². The van der Waals surface area contributed by atoms with E-state index in [0.717, 1.165) is 11.4 Å². The minimum absolute atomic E-state index is 0.190. The van der Waals surface area contributed by atoms with Crippen LogP contribution in [0.5, 0.6) is 0 Å². The average molecular weight is 279 g/mol. The van der Waals surface area contributed by atoms with Crippen molar-refractivity contribution in [3.05, 3.63) is 29.6 Å². The van der Waals surface area contributed by atoms with Crippen molar-refractivity contribution in [3.63, 3.8) is 0 Å². The number of nitrogens with zero attached hydrogens (tertiary/aromatic N) is 1. The molecule has 0 radical (unpaired) electrons. The highest BCUT2D eigenvalue weighted by Gasteiger charge is 2.20. The number of hydrogen-bond donors (Lipinski definition) is 3. The van der Waals surface area contributed by atoms with Gasteiger partial charge in [-0.25, -0.2) is 9.59 Å². The van der Waals surface area contributed by atoms with Crippen molar-refractivity contribution >= 4 is 12.0 Å². The molecule has 0 spiro atoms. The van der Waals surface area contributed by atoms with Crippen LogP contribution in [0.3, 0.4) is 0 Å². The van der Waals surface area contributed by atoms with E-state index in [1.165, 1.54) is 0 Å². The fourth-order valence-corrected chi connectivity index (χ4v) is 1.77. The van der Waals surface area contributed by atoms with Crippen LogP contribution in [0.1, 0.15) is 31.7 Å². The number of aliphatic carboxylic acids is 1. The third-order valence-corrected chi connectivity index (χ3v) is 2.69. The summed E-state index contributed by atoms with van der Waals surface area (Å²) in [5.74, 6) is -0.836. The molecule has 0 unspecified atom stereocenters. The van der Waals surface area contributed by atoms with E-state index < -0.39 is 18.0 Å². The van der Waals surface area contributed by atoms with Crippen molar-refractivity contribution in [1.29, 1.82) is 0 Å². The number of amides is 2. The molecule has 1 heterocycles. The Bertz CT molecular complexity index is 474. The average Bonchev–Trinajstić information content (AvgIpc) is 2.35. The zero-order chi connectivity index (χ0) is 15.1. The van der Waals surface area contributed by atoms with Crippen molar-refractivity contribution in [2.45, 2.75) is 39.8 Å². The van der Waals surface area contributed by atoms with E-state index in [2.05, 4.69) is 15.6 Å². The van der Waals surface area contributed by atoms with Gasteiger partial charge in [-0.05, 0) is 31.4 Å². The lowest BCUT2D eigenvalue weighted by molar-refractivity contribution is -0.139. The van der Waals surface area contributed by atoms with Crippen LogP contribution in [0, 0.1) is 12.8 Å². The predicted molar refractivity (Wildman–Crippen MR) is 75.2 cm³/mol. The first-order valence-corrected chi connectivity index (χ1v) is 6.58. The third kappa shape index (κ3) is 5.69. The molecule has 1 atom stereocenters. The maximum atomic E-state index is 11.7. The number of pyridine rings is 1. The summed E-state index contributed by atoms with van der Waals surface area (Å²) in [5.41, 5.74) is 1.60. The summed E-state index contributed by atoms with van der Waals surface area (Å²) in [6.45, 7) is 5.95. The number of hydrogen-bond acceptors (Lipinski definition) is 3. The van der Waals surface area contributed by atoms with Gasteiger partial charge in [-0.3, -0.25) is 4.98 Å². The number of carboxylic acids is 1. The van der Waals surface area contributed by atoms with Crippen LogP contribution in [0.15, 0.2) is 18.2 Å². The number of rotatable bonds is 6. The van der Waals surface area contributed by atoms with Crippen LogP contribution in [-0.2, 0) is 11.3 Å². The Morgan fingerprint density at radius 3 is 2.60 bits per heavy atom. The second-order valence-electron chi connectivity index (χ2n) is 5.12. The number of carbonyl (C=O) groups is 2. The molecule has 0 saturated heterocycles. The molecule has 0 bridgehead atoms. The normalized spacial score (nSPS) is 12.0. The highest BCUT2D eigenvalue weighted by Crippen LogP contribution is 2.05. The van der Waals surface area contributed by atoms with Crippen molar-refractivity contribution in [1.82, 2.24) is 15.6 Å². The smallest absolute Gasteiger partial charge is 0.326 e. The van der Waals surface area contributed by atoms with E-state index in [9.17, 15) is 9.59 Å². The second-order valence-corrected chi connectivity index (χ2v) is 5.12. The summed E-state index contributed by atoms with van der Waals surface area (Å²) in [4.78, 5) is 27.0. The van der Waals surface area contributed by atoms with Gasteiger partial charge in [-0.2, -0.15) is 0 Å². The molecule has 0 saturated carbocycles. The molecule has 110 valence electrons. The Balaban J connectivity index is 2.47. The van der Waals surface area contributed by atoms with Gasteiger partial charge in [0.1, 0.15) is 6.04 Å². The second kappa shape index (κ2) is 7.47. The molecular weight excluding hydrogens is 258 g/mol. The van der Waals surface area contributed by atoms with Gasteiger partial charge in [0, 0.05) is 5.69 Å². The standard InChI is InChI=1S/C14H21N3O3/c1-9(2)7-12(13(18)19)17-14(20)15-8-11-6-4-5-10(3)16-11/h4-6,9,12H,7-8H2,1-3H3,(H,18,19)(H2,15,17,20)/t12-/m1/s1. The van der Waals surface area contributed by atoms with Crippen molar-refractivity contribution in [3.8, 4) is 0 Å². The largest absolute Gasteiger partial charge is 0.480 e. The molecule has 1 rings (SSSR count). The van der Waals surface area contributed by atoms with Gasteiger partial charge < -0.3 is 15.7 Å². The monoisotopic (exact) mass is 279 g/mol. The number of aryl methyl sites for hydroxylation is 1. The first-order valence-electron chi connectivity index (χ1n) is 6.58. The van der Waals surface area contributed by atoms with Gasteiger partial charge >= 0.3 is 12.0 Å². The molecule has 0 aliphatic carbocycles. The summed E-state index contributed by atoms with van der Waals surface area (Å²) in [6.07, 6.45) is 0.394. The summed E-state index contributed by atoms with van der Waals surface area (Å²) in [6, 6.07) is 4.15. The van der Waals surface area contributed by atoms with E-state index >= 15 is 0 Å². The first-order chi connectivity index (χ1) is 9.38. The maximum absolute atomic E-state index is 11.7. The number of carboxylic acid groups (broad SMARTS) is 1. The fourth-order valence-electron chi connectivity index (χ4n) is 1.77. The highest BCUT2D eigenvalue weighted by molar-refractivity contribution is 5.82. The quantitative estimate of drug-likeness (QED) is 0.739. The van der Waals surface area contributed by atoms with Crippen molar-refractivity contribution < 1.29 is 14.7 Å². The SMILES string of the molecule is Cc1cccc(CNC(=O)N[C@H](CC(C)C)C(=O)O)n1. The van der Waals surface area contributed by atoms with Gasteiger partial charge in [0.05, 0.1) is 12.2 Å². The summed E-state index contributed by atoms with van der Waals surface area (Å²) < 4.78 is 0. The number of aromatic nitrogens is 1. The van der Waals surface area contributed by atoms with Gasteiger partial charge in [0.15, 0.2) is 0 Å². The Kier molecular flexibility index (Phi) is 5.96. The van der Waals surface area contributed by atoms with Crippen LogP contribution in [0.25, 0.3) is 0 Å². The molecule has 3 N–H and O–H groups in total. The molecule has 2 amide bonds. The van der Waals surface area contributed by atoms with Crippen molar-refractivity contribution in [2.75, 3.05) is 0 Å². The van der Waals surface area contributed by atoms with Crippen LogP contribution in [0.2, 0.25) is 0 Å². The number of nitrogens with one attached hydrogen (secondary N) is 2. The molecule has 6 heteroatoms. The van der Waals surface area contributed by atoms with Crippen molar-refractivity contribution in [2.24, 2.45) is 5.92 Å². The summed E-state index contributed by atoms with van der Waals surface area (Å²) >= 11 is 0. The summed E-state index contributed by atoms with van der Waals surface area (Å²) in [5, 5.41) is 14.1. The lowest BCUT2D eigenvalue weighted by Crippen LogP contribution is -2.46. The topological polar surface area (TPSA) is 91.3 Å². The zero-order valence-electron chi connectivity index (χ0n) is 12.0. The van der Waals surface area contributed by atoms with E-state index in [1.807, 2.05) is 32.9 Å². The molecule has 1 aromatic heterocycles. The van der Waals surface area contributed by atoms with Crippen LogP contribution < -0.4 is 10.6 Å². The molecule has 0 aliphatic rings. The predicted octanol–water partition coefficient (Wildman–Crippen LogP) is 1.69.